The van der Waals surface area contributed by atoms with E-state index in [1.807, 2.05) is 0 Å². The number of nitrogens with zero attached hydrogens (tertiary/aromatic N) is 2. The molecule has 1 atom stereocenters. The average molecular weight is 265 g/mol. The Morgan fingerprint density at radius 1 is 1.00 bits per heavy atom. The molecule has 3 fully saturated rings. The molecule has 2 heterocycles. The van der Waals surface area contributed by atoms with E-state index in [0.717, 1.165) is 24.0 Å². The molecular weight excluding hydrogens is 234 g/mol. The smallest absolute Gasteiger partial charge is 0.00965 e. The standard InChI is InChI=1S/C16H31N3/c1-13(2)18-9-6-15(7-10-18)17-11-14-5-8-19(12-14)16-3-4-16/h13-17H,3-12H2,1-2H3. The molecule has 0 radical (unpaired) electrons. The first-order valence-electron chi connectivity index (χ1n) is 8.44. The number of nitrogens with one attached hydrogen (secondary N) is 1. The molecule has 1 N–H and O–H groups in total. The first kappa shape index (κ1) is 13.8. The second kappa shape index (κ2) is 6.11. The van der Waals surface area contributed by atoms with Gasteiger partial charge in [-0.25, -0.2) is 0 Å². The third-order valence-corrected chi connectivity index (χ3v) is 5.34. The lowest BCUT2D eigenvalue weighted by molar-refractivity contribution is 0.159. The van der Waals surface area contributed by atoms with E-state index in [1.165, 1.54) is 64.8 Å². The summed E-state index contributed by atoms with van der Waals surface area (Å²) in [6.45, 7) is 11.2. The Morgan fingerprint density at radius 3 is 2.37 bits per heavy atom. The molecule has 0 bridgehead atoms. The highest BCUT2D eigenvalue weighted by atomic mass is 15.2. The van der Waals surface area contributed by atoms with Gasteiger partial charge >= 0.3 is 0 Å². The first-order valence-corrected chi connectivity index (χ1v) is 8.44. The molecule has 3 nitrogen and oxygen atoms in total. The molecule has 3 aliphatic rings. The van der Waals surface area contributed by atoms with Crippen molar-refractivity contribution < 1.29 is 0 Å². The third-order valence-electron chi connectivity index (χ3n) is 5.34. The minimum atomic E-state index is 0.725. The Morgan fingerprint density at radius 2 is 1.74 bits per heavy atom. The van der Waals surface area contributed by atoms with Crippen LogP contribution in [0.3, 0.4) is 0 Å². The van der Waals surface area contributed by atoms with Crippen LogP contribution in [0.2, 0.25) is 0 Å². The summed E-state index contributed by atoms with van der Waals surface area (Å²) in [5.74, 6) is 0.920. The van der Waals surface area contributed by atoms with Crippen molar-refractivity contribution in [3.8, 4) is 0 Å². The lowest BCUT2D eigenvalue weighted by Gasteiger charge is -2.35. The van der Waals surface area contributed by atoms with Crippen LogP contribution in [-0.2, 0) is 0 Å². The van der Waals surface area contributed by atoms with Crippen LogP contribution in [0.5, 0.6) is 0 Å². The molecule has 3 rings (SSSR count). The highest BCUT2D eigenvalue weighted by molar-refractivity contribution is 4.90. The number of hydrogen-bond acceptors (Lipinski definition) is 3. The SMILES string of the molecule is CC(C)N1CCC(NCC2CCN(C3CC3)C2)CC1. The summed E-state index contributed by atoms with van der Waals surface area (Å²) in [4.78, 5) is 5.34. The molecule has 1 aliphatic carbocycles. The fourth-order valence-electron chi connectivity index (χ4n) is 3.75. The molecular formula is C16H31N3. The molecule has 1 saturated carbocycles. The van der Waals surface area contributed by atoms with E-state index in [-0.39, 0.29) is 0 Å². The molecule has 0 amide bonds. The van der Waals surface area contributed by atoms with Crippen molar-refractivity contribution in [3.63, 3.8) is 0 Å². The fraction of sp³-hybridized carbons (Fsp3) is 1.00. The Balaban J connectivity index is 1.32. The molecule has 0 aromatic carbocycles. The molecule has 0 aromatic heterocycles. The van der Waals surface area contributed by atoms with Crippen LogP contribution < -0.4 is 5.32 Å². The fourth-order valence-corrected chi connectivity index (χ4v) is 3.75. The predicted molar refractivity (Wildman–Crippen MR) is 80.4 cm³/mol. The van der Waals surface area contributed by atoms with Crippen molar-refractivity contribution in [1.29, 1.82) is 0 Å². The van der Waals surface area contributed by atoms with Gasteiger partial charge in [0.1, 0.15) is 0 Å². The second-order valence-electron chi connectivity index (χ2n) is 7.19. The summed E-state index contributed by atoms with van der Waals surface area (Å²) >= 11 is 0. The van der Waals surface area contributed by atoms with Crippen molar-refractivity contribution in [2.24, 2.45) is 5.92 Å². The lowest BCUT2D eigenvalue weighted by Crippen LogP contribution is -2.46. The maximum Gasteiger partial charge on any atom is 0.00965 e. The monoisotopic (exact) mass is 265 g/mol. The summed E-state index contributed by atoms with van der Waals surface area (Å²) < 4.78 is 0. The van der Waals surface area contributed by atoms with Gasteiger partial charge in [0.05, 0.1) is 0 Å². The van der Waals surface area contributed by atoms with Crippen LogP contribution in [0.4, 0.5) is 0 Å². The van der Waals surface area contributed by atoms with E-state index in [1.54, 1.807) is 0 Å². The van der Waals surface area contributed by atoms with Crippen molar-refractivity contribution in [2.45, 2.75) is 64.1 Å². The lowest BCUT2D eigenvalue weighted by atomic mass is 10.0. The Bertz CT molecular complexity index is 280. The van der Waals surface area contributed by atoms with Crippen molar-refractivity contribution >= 4 is 0 Å². The van der Waals surface area contributed by atoms with E-state index in [4.69, 9.17) is 0 Å². The van der Waals surface area contributed by atoms with Crippen LogP contribution in [-0.4, -0.2) is 60.6 Å². The van der Waals surface area contributed by atoms with Crippen LogP contribution in [0.1, 0.15) is 46.0 Å². The van der Waals surface area contributed by atoms with E-state index in [2.05, 4.69) is 29.0 Å². The quantitative estimate of drug-likeness (QED) is 0.819. The third kappa shape index (κ3) is 3.71. The van der Waals surface area contributed by atoms with Gasteiger partial charge in [0.15, 0.2) is 0 Å². The van der Waals surface area contributed by atoms with Crippen LogP contribution in [0.25, 0.3) is 0 Å². The number of rotatable bonds is 5. The minimum Gasteiger partial charge on any atom is -0.314 e. The van der Waals surface area contributed by atoms with E-state index in [9.17, 15) is 0 Å². The molecule has 0 spiro atoms. The van der Waals surface area contributed by atoms with Crippen LogP contribution in [0.15, 0.2) is 0 Å². The van der Waals surface area contributed by atoms with Gasteiger partial charge in [-0.05, 0) is 78.0 Å². The van der Waals surface area contributed by atoms with Crippen molar-refractivity contribution in [1.82, 2.24) is 15.1 Å². The molecule has 19 heavy (non-hydrogen) atoms. The minimum absolute atomic E-state index is 0.725. The van der Waals surface area contributed by atoms with Gasteiger partial charge in [-0.2, -0.15) is 0 Å². The maximum absolute atomic E-state index is 3.85. The topological polar surface area (TPSA) is 18.5 Å². The zero-order valence-corrected chi connectivity index (χ0v) is 12.8. The van der Waals surface area contributed by atoms with E-state index in [0.29, 0.717) is 0 Å². The average Bonchev–Trinajstić information content (AvgIpc) is 3.16. The summed E-state index contributed by atoms with van der Waals surface area (Å²) in [6.07, 6.45) is 7.05. The van der Waals surface area contributed by atoms with Crippen LogP contribution >= 0.6 is 0 Å². The Kier molecular flexibility index (Phi) is 4.45. The van der Waals surface area contributed by atoms with Gasteiger partial charge in [0.2, 0.25) is 0 Å². The van der Waals surface area contributed by atoms with Crippen LogP contribution in [0, 0.1) is 5.92 Å². The predicted octanol–water partition coefficient (Wildman–Crippen LogP) is 1.93. The summed E-state index contributed by atoms with van der Waals surface area (Å²) in [5.41, 5.74) is 0. The van der Waals surface area contributed by atoms with E-state index >= 15 is 0 Å². The molecule has 2 saturated heterocycles. The highest BCUT2D eigenvalue weighted by Crippen LogP contribution is 2.31. The van der Waals surface area contributed by atoms with Gasteiger partial charge in [0, 0.05) is 24.7 Å². The molecule has 2 aliphatic heterocycles. The van der Waals surface area contributed by atoms with Gasteiger partial charge in [-0.1, -0.05) is 0 Å². The van der Waals surface area contributed by atoms with Gasteiger partial charge in [-0.3, -0.25) is 0 Å². The van der Waals surface area contributed by atoms with Crippen molar-refractivity contribution in [3.05, 3.63) is 0 Å². The number of likely N-dealkylation sites (tertiary alicyclic amines) is 2. The molecule has 110 valence electrons. The summed E-state index contributed by atoms with van der Waals surface area (Å²) in [7, 11) is 0. The molecule has 1 unspecified atom stereocenters. The van der Waals surface area contributed by atoms with Crippen molar-refractivity contribution in [2.75, 3.05) is 32.7 Å². The highest BCUT2D eigenvalue weighted by Gasteiger charge is 2.34. The van der Waals surface area contributed by atoms with Gasteiger partial charge < -0.3 is 15.1 Å². The zero-order valence-electron chi connectivity index (χ0n) is 12.8. The Hall–Kier alpha value is -0.120. The zero-order chi connectivity index (χ0) is 13.2. The number of hydrogen-bond donors (Lipinski definition) is 1. The molecule has 3 heteroatoms. The summed E-state index contributed by atoms with van der Waals surface area (Å²) in [6, 6.07) is 2.48. The van der Waals surface area contributed by atoms with E-state index < -0.39 is 0 Å². The molecule has 0 aromatic rings. The largest absolute Gasteiger partial charge is 0.314 e. The number of piperidine rings is 1. The maximum atomic E-state index is 3.85. The Labute approximate surface area is 118 Å². The first-order chi connectivity index (χ1) is 9.22. The second-order valence-corrected chi connectivity index (χ2v) is 7.19. The summed E-state index contributed by atoms with van der Waals surface area (Å²) in [5, 5.41) is 3.85. The van der Waals surface area contributed by atoms with Gasteiger partial charge in [-0.15, -0.1) is 0 Å². The van der Waals surface area contributed by atoms with Gasteiger partial charge in [0.25, 0.3) is 0 Å². The normalized spacial score (nSPS) is 31.4.